The van der Waals surface area contributed by atoms with Crippen LogP contribution in [-0.2, 0) is 6.42 Å². The molecule has 0 aromatic heterocycles. The zero-order valence-corrected chi connectivity index (χ0v) is 14.8. The number of rotatable bonds is 9. The van der Waals surface area contributed by atoms with Crippen molar-refractivity contribution in [1.29, 1.82) is 0 Å². The first-order valence-electron chi connectivity index (χ1n) is 8.30. The Labute approximate surface area is 135 Å². The quantitative estimate of drug-likeness (QED) is 0.648. The highest BCUT2D eigenvalue weighted by atomic mass is 35.5. The Morgan fingerprint density at radius 1 is 1.19 bits per heavy atom. The highest BCUT2D eigenvalue weighted by Gasteiger charge is 2.17. The summed E-state index contributed by atoms with van der Waals surface area (Å²) < 4.78 is 0. The summed E-state index contributed by atoms with van der Waals surface area (Å²) in [6.45, 7) is 9.94. The molecule has 1 rings (SSSR count). The Bertz CT molecular complexity index is 418. The van der Waals surface area contributed by atoms with Crippen LogP contribution in [0.5, 0.6) is 0 Å². The second kappa shape index (κ2) is 9.32. The molecule has 0 aliphatic heterocycles. The number of nitrogens with zero attached hydrogens (tertiary/aromatic N) is 1. The van der Waals surface area contributed by atoms with Gasteiger partial charge in [0.1, 0.15) is 0 Å². The van der Waals surface area contributed by atoms with E-state index >= 15 is 0 Å². The highest BCUT2D eigenvalue weighted by Crippen LogP contribution is 2.30. The number of unbranched alkanes of at least 4 members (excludes halogenated alkanes) is 2. The minimum absolute atomic E-state index is 0.174. The van der Waals surface area contributed by atoms with Gasteiger partial charge in [-0.2, -0.15) is 0 Å². The largest absolute Gasteiger partial charge is 0.369 e. The number of anilines is 1. The molecule has 3 heteroatoms. The van der Waals surface area contributed by atoms with Gasteiger partial charge in [0.15, 0.2) is 0 Å². The fourth-order valence-electron chi connectivity index (χ4n) is 2.61. The van der Waals surface area contributed by atoms with Gasteiger partial charge in [-0.3, -0.25) is 0 Å². The molecular formula is C18H31ClN2. The second-order valence-corrected chi connectivity index (χ2v) is 6.51. The van der Waals surface area contributed by atoms with Crippen molar-refractivity contribution >= 4 is 17.3 Å². The van der Waals surface area contributed by atoms with E-state index < -0.39 is 0 Å². The van der Waals surface area contributed by atoms with Crippen molar-refractivity contribution in [3.8, 4) is 0 Å². The van der Waals surface area contributed by atoms with Gasteiger partial charge in [0.25, 0.3) is 0 Å². The van der Waals surface area contributed by atoms with Gasteiger partial charge in [0.2, 0.25) is 0 Å². The van der Waals surface area contributed by atoms with Gasteiger partial charge >= 0.3 is 0 Å². The molecule has 0 aliphatic rings. The number of halogens is 1. The molecule has 0 spiro atoms. The van der Waals surface area contributed by atoms with Crippen LogP contribution in [0.3, 0.4) is 0 Å². The van der Waals surface area contributed by atoms with E-state index in [0.717, 1.165) is 24.4 Å². The molecule has 0 bridgehead atoms. The van der Waals surface area contributed by atoms with E-state index in [1.165, 1.54) is 30.5 Å². The molecule has 2 N–H and O–H groups in total. The van der Waals surface area contributed by atoms with Crippen molar-refractivity contribution in [2.75, 3.05) is 11.4 Å². The number of benzene rings is 1. The lowest BCUT2D eigenvalue weighted by Gasteiger charge is -2.32. The van der Waals surface area contributed by atoms with Crippen LogP contribution in [0.25, 0.3) is 0 Å². The molecule has 21 heavy (non-hydrogen) atoms. The average molecular weight is 311 g/mol. The third kappa shape index (κ3) is 5.52. The lowest BCUT2D eigenvalue weighted by atomic mass is 10.0. The van der Waals surface area contributed by atoms with Crippen molar-refractivity contribution in [3.05, 3.63) is 28.8 Å². The first-order chi connectivity index (χ1) is 10.0. The van der Waals surface area contributed by atoms with E-state index in [4.69, 9.17) is 17.3 Å². The van der Waals surface area contributed by atoms with E-state index in [1.807, 2.05) is 12.1 Å². The number of hydrogen-bond acceptors (Lipinski definition) is 2. The lowest BCUT2D eigenvalue weighted by Crippen LogP contribution is -2.33. The van der Waals surface area contributed by atoms with Crippen LogP contribution in [-0.4, -0.2) is 18.6 Å². The van der Waals surface area contributed by atoms with Gasteiger partial charge in [0, 0.05) is 29.3 Å². The number of hydrogen-bond donors (Lipinski definition) is 1. The third-order valence-corrected chi connectivity index (χ3v) is 4.37. The predicted molar refractivity (Wildman–Crippen MR) is 95.4 cm³/mol. The summed E-state index contributed by atoms with van der Waals surface area (Å²) in [5.41, 5.74) is 8.63. The summed E-state index contributed by atoms with van der Waals surface area (Å²) in [5.74, 6) is 0. The molecule has 0 aliphatic carbocycles. The van der Waals surface area contributed by atoms with Crippen LogP contribution in [0, 0.1) is 0 Å². The summed E-state index contributed by atoms with van der Waals surface area (Å²) in [5, 5.41) is 0.845. The summed E-state index contributed by atoms with van der Waals surface area (Å²) in [6.07, 6.45) is 5.56. The molecule has 2 nitrogen and oxygen atoms in total. The molecule has 120 valence electrons. The Balaban J connectivity index is 3.03. The third-order valence-electron chi connectivity index (χ3n) is 4.02. The first-order valence-corrected chi connectivity index (χ1v) is 8.68. The topological polar surface area (TPSA) is 29.3 Å². The minimum Gasteiger partial charge on any atom is -0.369 e. The molecule has 0 saturated carbocycles. The van der Waals surface area contributed by atoms with E-state index in [9.17, 15) is 0 Å². The number of nitrogens with two attached hydrogens (primary N) is 1. The monoisotopic (exact) mass is 310 g/mol. The van der Waals surface area contributed by atoms with Gasteiger partial charge in [-0.05, 0) is 50.8 Å². The molecule has 1 aromatic carbocycles. The molecule has 0 radical (unpaired) electrons. The fraction of sp³-hybridized carbons (Fsp3) is 0.667. The second-order valence-electron chi connectivity index (χ2n) is 6.10. The van der Waals surface area contributed by atoms with E-state index in [0.29, 0.717) is 6.04 Å². The molecular weight excluding hydrogens is 280 g/mol. The van der Waals surface area contributed by atoms with E-state index in [-0.39, 0.29) is 6.04 Å². The summed E-state index contributed by atoms with van der Waals surface area (Å²) in [7, 11) is 0. The van der Waals surface area contributed by atoms with Crippen molar-refractivity contribution in [2.45, 2.75) is 71.9 Å². The zero-order valence-electron chi connectivity index (χ0n) is 14.0. The predicted octanol–water partition coefficient (Wildman–Crippen LogP) is 5.02. The lowest BCUT2D eigenvalue weighted by molar-refractivity contribution is 0.613. The Kier molecular flexibility index (Phi) is 8.13. The van der Waals surface area contributed by atoms with Gasteiger partial charge in [-0.1, -0.05) is 44.4 Å². The van der Waals surface area contributed by atoms with Crippen LogP contribution in [0.1, 0.15) is 58.9 Å². The van der Waals surface area contributed by atoms with Crippen molar-refractivity contribution < 1.29 is 0 Å². The normalized spacial score (nSPS) is 12.7. The van der Waals surface area contributed by atoms with Crippen molar-refractivity contribution in [3.63, 3.8) is 0 Å². The Morgan fingerprint density at radius 3 is 2.48 bits per heavy atom. The summed E-state index contributed by atoms with van der Waals surface area (Å²) >= 11 is 6.46. The molecule has 1 atom stereocenters. The molecule has 0 saturated heterocycles. The SMILES string of the molecule is CCCCCN(c1cccc(Cl)c1CC(N)CC)C(C)C. The van der Waals surface area contributed by atoms with E-state index in [2.05, 4.69) is 38.7 Å². The van der Waals surface area contributed by atoms with Crippen LogP contribution < -0.4 is 10.6 Å². The minimum atomic E-state index is 0.174. The smallest absolute Gasteiger partial charge is 0.0459 e. The molecule has 0 fully saturated rings. The Hall–Kier alpha value is -0.730. The fourth-order valence-corrected chi connectivity index (χ4v) is 2.86. The summed E-state index contributed by atoms with van der Waals surface area (Å²) in [6, 6.07) is 6.86. The van der Waals surface area contributed by atoms with E-state index in [1.54, 1.807) is 0 Å². The zero-order chi connectivity index (χ0) is 15.8. The maximum absolute atomic E-state index is 6.46. The van der Waals surface area contributed by atoms with Crippen LogP contribution in [0.2, 0.25) is 5.02 Å². The molecule has 1 unspecified atom stereocenters. The Morgan fingerprint density at radius 2 is 1.90 bits per heavy atom. The average Bonchev–Trinajstić information content (AvgIpc) is 2.45. The van der Waals surface area contributed by atoms with Crippen molar-refractivity contribution in [1.82, 2.24) is 0 Å². The van der Waals surface area contributed by atoms with Crippen LogP contribution in [0.4, 0.5) is 5.69 Å². The van der Waals surface area contributed by atoms with Crippen molar-refractivity contribution in [2.24, 2.45) is 5.73 Å². The maximum atomic E-state index is 6.46. The molecule has 0 heterocycles. The van der Waals surface area contributed by atoms with Gasteiger partial charge in [0.05, 0.1) is 0 Å². The standard InChI is InChI=1S/C18H31ClN2/c1-5-7-8-12-21(14(3)4)18-11-9-10-17(19)16(18)13-15(20)6-2/h9-11,14-15H,5-8,12-13,20H2,1-4H3. The first kappa shape index (κ1) is 18.3. The molecule has 1 aromatic rings. The van der Waals surface area contributed by atoms with Gasteiger partial charge in [-0.15, -0.1) is 0 Å². The van der Waals surface area contributed by atoms with Gasteiger partial charge in [-0.25, -0.2) is 0 Å². The maximum Gasteiger partial charge on any atom is 0.0459 e. The van der Waals surface area contributed by atoms with Crippen LogP contribution in [0.15, 0.2) is 18.2 Å². The van der Waals surface area contributed by atoms with Gasteiger partial charge < -0.3 is 10.6 Å². The highest BCUT2D eigenvalue weighted by molar-refractivity contribution is 6.31. The van der Waals surface area contributed by atoms with Crippen LogP contribution >= 0.6 is 11.6 Å². The molecule has 0 amide bonds. The summed E-state index contributed by atoms with van der Waals surface area (Å²) in [4.78, 5) is 2.47.